The van der Waals surface area contributed by atoms with Gasteiger partial charge in [-0.3, -0.25) is 0 Å². The van der Waals surface area contributed by atoms with E-state index in [-0.39, 0.29) is 5.82 Å². The first-order chi connectivity index (χ1) is 8.54. The molecule has 0 bridgehead atoms. The summed E-state index contributed by atoms with van der Waals surface area (Å²) in [6.45, 7) is 1.98. The van der Waals surface area contributed by atoms with Crippen molar-refractivity contribution in [1.29, 1.82) is 0 Å². The molecule has 2 N–H and O–H groups in total. The predicted octanol–water partition coefficient (Wildman–Crippen LogP) is 4.77. The number of aryl methyl sites for hydroxylation is 1. The number of benzene rings is 2. The Labute approximate surface area is 119 Å². The largest absolute Gasteiger partial charge is 0.399 e. The first kappa shape index (κ1) is 13.4. The van der Waals surface area contributed by atoms with Crippen molar-refractivity contribution < 1.29 is 4.39 Å². The van der Waals surface area contributed by atoms with E-state index in [0.717, 1.165) is 31.9 Å². The molecule has 0 unspecified atom stereocenters. The van der Waals surface area contributed by atoms with E-state index in [9.17, 15) is 4.39 Å². The summed E-state index contributed by atoms with van der Waals surface area (Å²) in [5.41, 5.74) is 8.60. The number of nitrogens with two attached hydrogens (primary N) is 1. The van der Waals surface area contributed by atoms with Crippen molar-refractivity contribution >= 4 is 33.4 Å². The maximum atomic E-state index is 13.2. The van der Waals surface area contributed by atoms with Crippen LogP contribution in [0.2, 0.25) is 0 Å². The predicted molar refractivity (Wildman–Crippen MR) is 79.3 cm³/mol. The zero-order valence-corrected chi connectivity index (χ0v) is 12.3. The van der Waals surface area contributed by atoms with Crippen LogP contribution >= 0.6 is 27.7 Å². The van der Waals surface area contributed by atoms with Crippen molar-refractivity contribution in [3.63, 3.8) is 0 Å². The van der Waals surface area contributed by atoms with E-state index in [1.807, 2.05) is 31.2 Å². The number of anilines is 1. The van der Waals surface area contributed by atoms with Gasteiger partial charge < -0.3 is 5.73 Å². The van der Waals surface area contributed by atoms with E-state index >= 15 is 0 Å². The molecule has 2 aromatic rings. The van der Waals surface area contributed by atoms with Crippen LogP contribution in [0.3, 0.4) is 0 Å². The van der Waals surface area contributed by atoms with Gasteiger partial charge in [0, 0.05) is 20.8 Å². The lowest BCUT2D eigenvalue weighted by Gasteiger charge is -2.06. The van der Waals surface area contributed by atoms with Gasteiger partial charge in [-0.2, -0.15) is 0 Å². The molecule has 0 aliphatic rings. The highest BCUT2D eigenvalue weighted by Crippen LogP contribution is 2.27. The molecule has 2 aromatic carbocycles. The molecule has 0 atom stereocenters. The quantitative estimate of drug-likeness (QED) is 0.649. The third-order valence-corrected chi connectivity index (χ3v) is 4.09. The third-order valence-electron chi connectivity index (χ3n) is 2.57. The molecule has 0 heterocycles. The van der Waals surface area contributed by atoms with Crippen LogP contribution in [-0.4, -0.2) is 0 Å². The van der Waals surface area contributed by atoms with E-state index in [2.05, 4.69) is 15.9 Å². The Morgan fingerprint density at radius 3 is 2.67 bits per heavy atom. The minimum Gasteiger partial charge on any atom is -0.399 e. The molecule has 0 radical (unpaired) electrons. The van der Waals surface area contributed by atoms with Crippen molar-refractivity contribution in [1.82, 2.24) is 0 Å². The summed E-state index contributed by atoms with van der Waals surface area (Å²) in [6.07, 6.45) is 0. The molecule has 0 saturated carbocycles. The molecular formula is C14H13BrFNS. The highest BCUT2D eigenvalue weighted by molar-refractivity contribution is 9.10. The SMILES string of the molecule is Cc1cc(SCc2cc(F)cc(Br)c2)ccc1N. The van der Waals surface area contributed by atoms with Crippen LogP contribution in [0, 0.1) is 12.7 Å². The smallest absolute Gasteiger partial charge is 0.124 e. The minimum atomic E-state index is -0.214. The zero-order chi connectivity index (χ0) is 13.1. The molecule has 0 saturated heterocycles. The van der Waals surface area contributed by atoms with Gasteiger partial charge in [0.05, 0.1) is 0 Å². The van der Waals surface area contributed by atoms with Crippen molar-refractivity contribution in [2.75, 3.05) is 5.73 Å². The van der Waals surface area contributed by atoms with Crippen LogP contribution in [0.15, 0.2) is 45.8 Å². The summed E-state index contributed by atoms with van der Waals surface area (Å²) < 4.78 is 14.0. The summed E-state index contributed by atoms with van der Waals surface area (Å²) in [6, 6.07) is 10.9. The summed E-state index contributed by atoms with van der Waals surface area (Å²) in [7, 11) is 0. The van der Waals surface area contributed by atoms with Crippen LogP contribution < -0.4 is 5.73 Å². The number of hydrogen-bond acceptors (Lipinski definition) is 2. The summed E-state index contributed by atoms with van der Waals surface area (Å²) >= 11 is 4.97. The fourth-order valence-corrected chi connectivity index (χ4v) is 3.04. The summed E-state index contributed by atoms with van der Waals surface area (Å²) in [4.78, 5) is 1.14. The fourth-order valence-electron chi connectivity index (χ4n) is 1.60. The van der Waals surface area contributed by atoms with Crippen molar-refractivity contribution in [2.24, 2.45) is 0 Å². The first-order valence-electron chi connectivity index (χ1n) is 5.48. The van der Waals surface area contributed by atoms with Gasteiger partial charge in [0.15, 0.2) is 0 Å². The average molecular weight is 326 g/mol. The van der Waals surface area contributed by atoms with Crippen molar-refractivity contribution in [3.05, 3.63) is 57.8 Å². The average Bonchev–Trinajstić information content (AvgIpc) is 2.29. The van der Waals surface area contributed by atoms with Gasteiger partial charge >= 0.3 is 0 Å². The second-order valence-electron chi connectivity index (χ2n) is 4.08. The summed E-state index contributed by atoms with van der Waals surface area (Å²) in [5.74, 6) is 0.521. The Balaban J connectivity index is 2.08. The van der Waals surface area contributed by atoms with Crippen LogP contribution in [0.5, 0.6) is 0 Å². The first-order valence-corrected chi connectivity index (χ1v) is 7.26. The molecule has 94 valence electrons. The highest BCUT2D eigenvalue weighted by atomic mass is 79.9. The lowest BCUT2D eigenvalue weighted by molar-refractivity contribution is 0.625. The Hall–Kier alpha value is -1.00. The van der Waals surface area contributed by atoms with E-state index in [0.29, 0.717) is 0 Å². The molecule has 0 aliphatic carbocycles. The second kappa shape index (κ2) is 5.76. The molecule has 0 fully saturated rings. The lowest BCUT2D eigenvalue weighted by Crippen LogP contribution is -1.89. The number of hydrogen-bond donors (Lipinski definition) is 1. The fraction of sp³-hybridized carbons (Fsp3) is 0.143. The van der Waals surface area contributed by atoms with Crippen LogP contribution in [0.25, 0.3) is 0 Å². The van der Waals surface area contributed by atoms with Gasteiger partial charge in [0.1, 0.15) is 5.82 Å². The van der Waals surface area contributed by atoms with Gasteiger partial charge in [0.2, 0.25) is 0 Å². The number of nitrogen functional groups attached to an aromatic ring is 1. The molecular weight excluding hydrogens is 313 g/mol. The molecule has 0 aromatic heterocycles. The number of halogens is 2. The molecule has 0 aliphatic heterocycles. The van der Waals surface area contributed by atoms with Crippen LogP contribution in [0.1, 0.15) is 11.1 Å². The van der Waals surface area contributed by atoms with Gasteiger partial charge in [-0.25, -0.2) is 4.39 Å². The normalized spacial score (nSPS) is 10.6. The number of rotatable bonds is 3. The van der Waals surface area contributed by atoms with Crippen LogP contribution in [-0.2, 0) is 5.75 Å². The van der Waals surface area contributed by atoms with Gasteiger partial charge in [-0.15, -0.1) is 11.8 Å². The standard InChI is InChI=1S/C14H13BrFNS/c1-9-4-13(2-3-14(9)17)18-8-10-5-11(15)7-12(16)6-10/h2-7H,8,17H2,1H3. The Kier molecular flexibility index (Phi) is 4.30. The van der Waals surface area contributed by atoms with Crippen molar-refractivity contribution in [2.45, 2.75) is 17.6 Å². The zero-order valence-electron chi connectivity index (χ0n) is 9.91. The Morgan fingerprint density at radius 1 is 1.22 bits per heavy atom. The Morgan fingerprint density at radius 2 is 2.00 bits per heavy atom. The summed E-state index contributed by atoms with van der Waals surface area (Å²) in [5, 5.41) is 0. The second-order valence-corrected chi connectivity index (χ2v) is 6.05. The van der Waals surface area contributed by atoms with E-state index in [1.165, 1.54) is 6.07 Å². The van der Waals surface area contributed by atoms with E-state index < -0.39 is 0 Å². The monoisotopic (exact) mass is 325 g/mol. The minimum absolute atomic E-state index is 0.214. The van der Waals surface area contributed by atoms with Gasteiger partial charge in [-0.1, -0.05) is 15.9 Å². The molecule has 1 nitrogen and oxygen atoms in total. The molecule has 18 heavy (non-hydrogen) atoms. The Bertz CT molecular complexity index is 551. The van der Waals surface area contributed by atoms with Gasteiger partial charge in [-0.05, 0) is 54.4 Å². The topological polar surface area (TPSA) is 26.0 Å². The lowest BCUT2D eigenvalue weighted by atomic mass is 10.2. The van der Waals surface area contributed by atoms with E-state index in [4.69, 9.17) is 5.73 Å². The molecule has 2 rings (SSSR count). The van der Waals surface area contributed by atoms with E-state index in [1.54, 1.807) is 17.8 Å². The third kappa shape index (κ3) is 3.50. The molecule has 0 amide bonds. The molecule has 0 spiro atoms. The maximum Gasteiger partial charge on any atom is 0.124 e. The van der Waals surface area contributed by atoms with Crippen LogP contribution in [0.4, 0.5) is 10.1 Å². The number of thioether (sulfide) groups is 1. The molecule has 4 heteroatoms. The maximum absolute atomic E-state index is 13.2. The van der Waals surface area contributed by atoms with Gasteiger partial charge in [0.25, 0.3) is 0 Å². The highest BCUT2D eigenvalue weighted by Gasteiger charge is 2.02. The van der Waals surface area contributed by atoms with Crippen molar-refractivity contribution in [3.8, 4) is 0 Å².